The molecule has 1 saturated carbocycles. The molecule has 0 radical (unpaired) electrons. The molecule has 1 aliphatic carbocycles. The van der Waals surface area contributed by atoms with Gasteiger partial charge in [0.2, 0.25) is 0 Å². The summed E-state index contributed by atoms with van der Waals surface area (Å²) in [5.41, 5.74) is 1.71. The van der Waals surface area contributed by atoms with Crippen molar-refractivity contribution in [1.29, 1.82) is 0 Å². The zero-order valence-corrected chi connectivity index (χ0v) is 12.4. The van der Waals surface area contributed by atoms with E-state index < -0.39 is 0 Å². The van der Waals surface area contributed by atoms with Crippen LogP contribution in [0.1, 0.15) is 44.6 Å². The van der Waals surface area contributed by atoms with Crippen molar-refractivity contribution in [1.82, 2.24) is 5.32 Å². The highest BCUT2D eigenvalue weighted by Gasteiger charge is 2.47. The van der Waals surface area contributed by atoms with Gasteiger partial charge in [0, 0.05) is 11.8 Å². The van der Waals surface area contributed by atoms with E-state index in [0.717, 1.165) is 26.0 Å². The smallest absolute Gasteiger partial charge is 0.110 e. The molecule has 1 aromatic carbocycles. The van der Waals surface area contributed by atoms with E-state index in [0.29, 0.717) is 6.04 Å². The third-order valence-corrected chi connectivity index (χ3v) is 4.76. The van der Waals surface area contributed by atoms with Gasteiger partial charge in [-0.15, -0.1) is 0 Å². The lowest BCUT2D eigenvalue weighted by Gasteiger charge is -2.48. The van der Waals surface area contributed by atoms with Crippen LogP contribution in [0.25, 0.3) is 0 Å². The van der Waals surface area contributed by atoms with Crippen LogP contribution < -0.4 is 5.32 Å². The quantitative estimate of drug-likeness (QED) is 0.850. The topological polar surface area (TPSA) is 21.3 Å². The third kappa shape index (κ3) is 2.37. The molecule has 20 heavy (non-hydrogen) atoms. The van der Waals surface area contributed by atoms with E-state index in [1.165, 1.54) is 30.6 Å². The van der Waals surface area contributed by atoms with E-state index >= 15 is 0 Å². The van der Waals surface area contributed by atoms with Crippen LogP contribution in [0.15, 0.2) is 42.2 Å². The lowest BCUT2D eigenvalue weighted by atomic mass is 9.59. The van der Waals surface area contributed by atoms with E-state index in [4.69, 9.17) is 4.74 Å². The normalized spacial score (nSPS) is 21.8. The van der Waals surface area contributed by atoms with Gasteiger partial charge in [-0.1, -0.05) is 43.7 Å². The molecule has 2 aliphatic rings. The fraction of sp³-hybridized carbons (Fsp3) is 0.556. The first-order valence-corrected chi connectivity index (χ1v) is 7.98. The lowest BCUT2D eigenvalue weighted by Crippen LogP contribution is -2.54. The Morgan fingerprint density at radius 2 is 2.05 bits per heavy atom. The Balaban J connectivity index is 1.91. The van der Waals surface area contributed by atoms with Gasteiger partial charge < -0.3 is 10.1 Å². The number of nitrogens with one attached hydrogen (secondary N) is 1. The first kappa shape index (κ1) is 13.7. The number of hydrogen-bond acceptors (Lipinski definition) is 2. The Labute approximate surface area is 122 Å². The summed E-state index contributed by atoms with van der Waals surface area (Å²) < 4.78 is 5.91. The van der Waals surface area contributed by atoms with Crippen molar-refractivity contribution in [3.05, 3.63) is 47.7 Å². The first-order valence-electron chi connectivity index (χ1n) is 7.98. The van der Waals surface area contributed by atoms with Crippen LogP contribution >= 0.6 is 0 Å². The summed E-state index contributed by atoms with van der Waals surface area (Å²) in [6.45, 7) is 4.13. The molecule has 0 aromatic heterocycles. The highest BCUT2D eigenvalue weighted by molar-refractivity contribution is 5.34. The molecule has 2 heteroatoms. The van der Waals surface area contributed by atoms with Gasteiger partial charge in [0.25, 0.3) is 0 Å². The minimum absolute atomic E-state index is 0.243. The fourth-order valence-electron chi connectivity index (χ4n) is 3.57. The molecule has 1 fully saturated rings. The second-order valence-corrected chi connectivity index (χ2v) is 6.01. The second kappa shape index (κ2) is 6.01. The molecular formula is C18H25NO. The van der Waals surface area contributed by atoms with Crippen LogP contribution in [0.3, 0.4) is 0 Å². The van der Waals surface area contributed by atoms with Gasteiger partial charge in [0.05, 0.1) is 12.6 Å². The molecule has 2 nitrogen and oxygen atoms in total. The van der Waals surface area contributed by atoms with Crippen molar-refractivity contribution >= 4 is 0 Å². The maximum atomic E-state index is 5.91. The third-order valence-electron chi connectivity index (χ3n) is 4.76. The molecular weight excluding hydrogens is 246 g/mol. The van der Waals surface area contributed by atoms with Crippen LogP contribution in [-0.4, -0.2) is 19.2 Å². The molecule has 1 unspecified atom stereocenters. The molecule has 1 atom stereocenters. The first-order chi connectivity index (χ1) is 9.87. The van der Waals surface area contributed by atoms with Crippen LogP contribution in [0.2, 0.25) is 0 Å². The Bertz CT molecular complexity index is 462. The van der Waals surface area contributed by atoms with Crippen molar-refractivity contribution in [3.63, 3.8) is 0 Å². The molecule has 108 valence electrons. The molecule has 0 bridgehead atoms. The van der Waals surface area contributed by atoms with Crippen molar-refractivity contribution in [2.45, 2.75) is 50.5 Å². The summed E-state index contributed by atoms with van der Waals surface area (Å²) in [5.74, 6) is 1.18. The van der Waals surface area contributed by atoms with E-state index in [1.807, 2.05) is 0 Å². The average molecular weight is 271 g/mol. The Kier molecular flexibility index (Phi) is 4.11. The van der Waals surface area contributed by atoms with Gasteiger partial charge in [-0.3, -0.25) is 0 Å². The average Bonchev–Trinajstić information content (AvgIpc) is 2.96. The summed E-state index contributed by atoms with van der Waals surface area (Å²) in [4.78, 5) is 0. The van der Waals surface area contributed by atoms with E-state index in [1.54, 1.807) is 0 Å². The molecule has 0 amide bonds. The van der Waals surface area contributed by atoms with Gasteiger partial charge in [-0.05, 0) is 37.4 Å². The van der Waals surface area contributed by atoms with Crippen molar-refractivity contribution in [2.75, 3.05) is 13.2 Å². The summed E-state index contributed by atoms with van der Waals surface area (Å²) >= 11 is 0. The van der Waals surface area contributed by atoms with Crippen LogP contribution in [0.5, 0.6) is 0 Å². The SMILES string of the molecule is CCCNC(C1=CCCO1)C1(c2ccccc2)CCC1. The standard InChI is InChI=1S/C18H25NO/c1-2-13-19-17(16-10-6-14-20-16)18(11-7-12-18)15-8-4-3-5-9-15/h3-5,8-10,17,19H,2,6-7,11-14H2,1H3. The van der Waals surface area contributed by atoms with Crippen molar-refractivity contribution < 1.29 is 4.74 Å². The maximum Gasteiger partial charge on any atom is 0.110 e. The highest BCUT2D eigenvalue weighted by Crippen LogP contribution is 2.48. The van der Waals surface area contributed by atoms with Crippen molar-refractivity contribution in [3.8, 4) is 0 Å². The van der Waals surface area contributed by atoms with Gasteiger partial charge in [0.1, 0.15) is 5.76 Å². The van der Waals surface area contributed by atoms with Gasteiger partial charge in [0.15, 0.2) is 0 Å². The zero-order chi connectivity index (χ0) is 13.8. The minimum Gasteiger partial charge on any atom is -0.496 e. The summed E-state index contributed by atoms with van der Waals surface area (Å²) in [5, 5.41) is 3.76. The highest BCUT2D eigenvalue weighted by atomic mass is 16.5. The predicted octanol–water partition coefficient (Wildman–Crippen LogP) is 3.78. The number of ether oxygens (including phenoxy) is 1. The molecule has 0 saturated heterocycles. The van der Waals surface area contributed by atoms with E-state index in [9.17, 15) is 0 Å². The maximum absolute atomic E-state index is 5.91. The predicted molar refractivity (Wildman–Crippen MR) is 82.7 cm³/mol. The molecule has 1 N–H and O–H groups in total. The molecule has 0 spiro atoms. The van der Waals surface area contributed by atoms with Gasteiger partial charge in [-0.25, -0.2) is 0 Å². The minimum atomic E-state index is 0.243. The van der Waals surface area contributed by atoms with Crippen LogP contribution in [0.4, 0.5) is 0 Å². The Morgan fingerprint density at radius 1 is 1.25 bits per heavy atom. The van der Waals surface area contributed by atoms with Crippen LogP contribution in [0, 0.1) is 0 Å². The fourth-order valence-corrected chi connectivity index (χ4v) is 3.57. The van der Waals surface area contributed by atoms with Crippen molar-refractivity contribution in [2.24, 2.45) is 0 Å². The monoisotopic (exact) mass is 271 g/mol. The van der Waals surface area contributed by atoms with Gasteiger partial charge >= 0.3 is 0 Å². The Hall–Kier alpha value is -1.28. The number of hydrogen-bond donors (Lipinski definition) is 1. The molecule has 1 aliphatic heterocycles. The van der Waals surface area contributed by atoms with Gasteiger partial charge in [-0.2, -0.15) is 0 Å². The zero-order valence-electron chi connectivity index (χ0n) is 12.4. The van der Waals surface area contributed by atoms with E-state index in [2.05, 4.69) is 48.6 Å². The van der Waals surface area contributed by atoms with E-state index in [-0.39, 0.29) is 5.41 Å². The number of benzene rings is 1. The summed E-state index contributed by atoms with van der Waals surface area (Å²) in [6.07, 6.45) is 8.36. The Morgan fingerprint density at radius 3 is 2.60 bits per heavy atom. The summed E-state index contributed by atoms with van der Waals surface area (Å²) in [6, 6.07) is 11.4. The second-order valence-electron chi connectivity index (χ2n) is 6.01. The molecule has 1 aromatic rings. The number of rotatable bonds is 6. The lowest BCUT2D eigenvalue weighted by molar-refractivity contribution is 0.127. The summed E-state index contributed by atoms with van der Waals surface area (Å²) in [7, 11) is 0. The van der Waals surface area contributed by atoms with Crippen LogP contribution in [-0.2, 0) is 10.2 Å². The molecule has 1 heterocycles. The largest absolute Gasteiger partial charge is 0.496 e. The molecule has 3 rings (SSSR count).